The van der Waals surface area contributed by atoms with Crippen LogP contribution in [-0.4, -0.2) is 151 Å². The maximum Gasteiger partial charge on any atom is 0.315 e. The summed E-state index contributed by atoms with van der Waals surface area (Å²) >= 11 is 0. The molecular weight excluding hydrogens is 817 g/mol. The normalized spacial score (nSPS) is 51.0. The Morgan fingerprint density at radius 2 is 1.56 bits per heavy atom. The van der Waals surface area contributed by atoms with Crippen LogP contribution in [-0.2, 0) is 52.2 Å². The van der Waals surface area contributed by atoms with Crippen LogP contribution in [0.3, 0.4) is 0 Å². The predicted octanol–water partition coefficient (Wildman–Crippen LogP) is 4.43. The first-order valence-corrected chi connectivity index (χ1v) is 23.3. The third kappa shape index (κ3) is 9.84. The summed E-state index contributed by atoms with van der Waals surface area (Å²) in [7, 11) is 3.20. The molecule has 0 unspecified atom stereocenters. The fourth-order valence-electron chi connectivity index (χ4n) is 11.0. The lowest BCUT2D eigenvalue weighted by molar-refractivity contribution is -0.318. The van der Waals surface area contributed by atoms with Gasteiger partial charge in [0.1, 0.15) is 35.9 Å². The first kappa shape index (κ1) is 48.8. The molecular formula is C48H74O15. The van der Waals surface area contributed by atoms with E-state index >= 15 is 0 Å². The highest BCUT2D eigenvalue weighted by molar-refractivity contribution is 5.77. The minimum absolute atomic E-state index is 0.0533. The first-order chi connectivity index (χ1) is 29.9. The van der Waals surface area contributed by atoms with Crippen molar-refractivity contribution in [3.05, 3.63) is 47.6 Å². The summed E-state index contributed by atoms with van der Waals surface area (Å²) in [6.07, 6.45) is 4.44. The van der Waals surface area contributed by atoms with Crippen molar-refractivity contribution >= 4 is 5.97 Å². The second-order valence-electron chi connectivity index (χ2n) is 19.4. The van der Waals surface area contributed by atoms with Crippen LogP contribution in [0, 0.1) is 29.6 Å². The van der Waals surface area contributed by atoms with Crippen LogP contribution in [0.5, 0.6) is 0 Å². The Labute approximate surface area is 373 Å². The lowest BCUT2D eigenvalue weighted by Crippen LogP contribution is -2.66. The topological polar surface area (TPSA) is 190 Å². The molecule has 5 fully saturated rings. The average molecular weight is 891 g/mol. The molecule has 15 heteroatoms. The third-order valence-electron chi connectivity index (χ3n) is 15.1. The molecule has 7 rings (SSSR count). The molecule has 7 aliphatic rings. The number of carbonyl (C=O) groups is 1. The van der Waals surface area contributed by atoms with Gasteiger partial charge in [-0.25, -0.2) is 0 Å². The zero-order valence-corrected chi connectivity index (χ0v) is 38.7. The van der Waals surface area contributed by atoms with Gasteiger partial charge in [-0.15, -0.1) is 0 Å². The molecule has 1 aliphatic carbocycles. The van der Waals surface area contributed by atoms with Gasteiger partial charge in [0.15, 0.2) is 18.4 Å². The van der Waals surface area contributed by atoms with Gasteiger partial charge < -0.3 is 67.8 Å². The number of ether oxygens (including phenoxy) is 10. The molecule has 0 aromatic carbocycles. The Balaban J connectivity index is 1.19. The molecule has 4 N–H and O–H groups in total. The number of esters is 1. The van der Waals surface area contributed by atoms with Gasteiger partial charge in [0.2, 0.25) is 0 Å². The molecule has 1 saturated carbocycles. The fourth-order valence-corrected chi connectivity index (χ4v) is 11.0. The van der Waals surface area contributed by atoms with Crippen LogP contribution < -0.4 is 0 Å². The Bertz CT molecular complexity index is 1700. The summed E-state index contributed by atoms with van der Waals surface area (Å²) in [6.45, 7) is 15.8. The minimum atomic E-state index is -2.04. The van der Waals surface area contributed by atoms with Crippen molar-refractivity contribution in [3.8, 4) is 0 Å². The van der Waals surface area contributed by atoms with E-state index in [0.29, 0.717) is 31.3 Å². The number of carbonyl (C=O) groups excluding carboxylic acids is 1. The number of methoxy groups -OCH3 is 2. The van der Waals surface area contributed by atoms with Gasteiger partial charge in [-0.2, -0.15) is 0 Å². The quantitative estimate of drug-likeness (QED) is 0.198. The van der Waals surface area contributed by atoms with Gasteiger partial charge in [-0.1, -0.05) is 71.4 Å². The lowest BCUT2D eigenvalue weighted by Gasteiger charge is -2.49. The molecule has 15 nitrogen and oxygen atoms in total. The molecule has 63 heavy (non-hydrogen) atoms. The van der Waals surface area contributed by atoms with E-state index in [0.717, 1.165) is 12.0 Å². The highest BCUT2D eigenvalue weighted by Crippen LogP contribution is 2.49. The van der Waals surface area contributed by atoms with Crippen LogP contribution in [0.2, 0.25) is 0 Å². The lowest BCUT2D eigenvalue weighted by atomic mass is 9.64. The SMILES string of the molecule is CC[C@H](C)[C@H]1O[C@]2(C=C[C@@H]1C)C[C@@H]1C[C@@H](C/C=C(\C)[C@@H](O[C@H]3C[C@H](OC)[C@@H](O[C@H]4C[C@H](OC)[C@@H](O)[C@H](C)O4)[C@H](C)O3)[C@@H](C)/C=C/C=C3\CO[C@@H]4[C@H](O)[C@@H](C)[C@H](O)[C@@H](C(=O)O1)[C@]34O)O2. The second-order valence-corrected chi connectivity index (χ2v) is 19.4. The largest absolute Gasteiger partial charge is 0.462 e. The molecule has 0 radical (unpaired) electrons. The number of aliphatic hydroxyl groups excluding tert-OH is 3. The van der Waals surface area contributed by atoms with E-state index in [-0.39, 0.29) is 36.9 Å². The molecule has 356 valence electrons. The standard InChI is InChI=1S/C48H74O15/c1-11-24(2)43-27(5)17-18-47(63-43)22-33-19-32(62-47)16-15-26(4)42(60-37-21-35(55-10)44(30(8)58-37)61-36-20-34(54-9)41(51)29(7)57-36)25(3)13-12-14-31-23-56-45-40(50)28(6)39(49)38(46(52)59-33)48(31,45)53/h12-15,17-18,24-25,27-30,32-45,49-51,53H,11,16,19-23H2,1-10H3/b13-12+,26-15+,31-14+/t24-,25-,27-,28-,29-,30-,32+,33-,34-,35-,36-,37-,38-,39-,40+,41-,42-,43+,44-,45+,47+,48+/m0/s1. The Morgan fingerprint density at radius 1 is 0.857 bits per heavy atom. The zero-order chi connectivity index (χ0) is 45.5. The number of aliphatic hydroxyl groups is 4. The van der Waals surface area contributed by atoms with E-state index in [1.54, 1.807) is 40.2 Å². The molecule has 0 aromatic heterocycles. The molecule has 0 aromatic rings. The maximum atomic E-state index is 14.4. The van der Waals surface area contributed by atoms with E-state index < -0.39 is 115 Å². The summed E-state index contributed by atoms with van der Waals surface area (Å²) < 4.78 is 63.5. The van der Waals surface area contributed by atoms with E-state index in [4.69, 9.17) is 47.4 Å². The van der Waals surface area contributed by atoms with Crippen molar-refractivity contribution in [1.82, 2.24) is 0 Å². The van der Waals surface area contributed by atoms with E-state index in [1.807, 2.05) is 32.9 Å². The number of allylic oxidation sites excluding steroid dienone is 2. The van der Waals surface area contributed by atoms with Crippen molar-refractivity contribution in [2.45, 2.75) is 197 Å². The van der Waals surface area contributed by atoms with E-state index in [1.165, 1.54) is 0 Å². The summed E-state index contributed by atoms with van der Waals surface area (Å²) in [5.41, 5.74) is -0.752. The number of rotatable bonds is 8. The molecule has 22 atom stereocenters. The first-order valence-electron chi connectivity index (χ1n) is 23.3. The molecule has 4 saturated heterocycles. The van der Waals surface area contributed by atoms with Gasteiger partial charge in [-0.3, -0.25) is 4.79 Å². The molecule has 6 aliphatic heterocycles. The number of hydrogen-bond acceptors (Lipinski definition) is 15. The smallest absolute Gasteiger partial charge is 0.315 e. The summed E-state index contributed by atoms with van der Waals surface area (Å²) in [4.78, 5) is 14.4. The van der Waals surface area contributed by atoms with Crippen molar-refractivity contribution in [3.63, 3.8) is 0 Å². The van der Waals surface area contributed by atoms with Crippen LogP contribution in [0.15, 0.2) is 47.6 Å². The van der Waals surface area contributed by atoms with Crippen molar-refractivity contribution in [2.75, 3.05) is 20.8 Å². The number of fused-ring (bicyclic) bond motifs is 2. The van der Waals surface area contributed by atoms with Gasteiger partial charge in [0.05, 0.1) is 61.5 Å². The fraction of sp³-hybridized carbons (Fsp3) is 0.812. The Morgan fingerprint density at radius 3 is 2.27 bits per heavy atom. The predicted molar refractivity (Wildman–Crippen MR) is 229 cm³/mol. The summed E-state index contributed by atoms with van der Waals surface area (Å²) in [5.74, 6) is -3.99. The molecule has 0 amide bonds. The number of hydrogen-bond donors (Lipinski definition) is 4. The van der Waals surface area contributed by atoms with E-state index in [2.05, 4.69) is 32.9 Å². The zero-order valence-electron chi connectivity index (χ0n) is 38.7. The monoisotopic (exact) mass is 891 g/mol. The minimum Gasteiger partial charge on any atom is -0.462 e. The molecule has 2 bridgehead atoms. The highest BCUT2D eigenvalue weighted by Gasteiger charge is 2.65. The maximum absolute atomic E-state index is 14.4. The molecule has 6 heterocycles. The Hall–Kier alpha value is -2.09. The van der Waals surface area contributed by atoms with Crippen LogP contribution >= 0.6 is 0 Å². The van der Waals surface area contributed by atoms with Gasteiger partial charge >= 0.3 is 5.97 Å². The van der Waals surface area contributed by atoms with Crippen LogP contribution in [0.1, 0.15) is 93.9 Å². The van der Waals surface area contributed by atoms with Gasteiger partial charge in [-0.05, 0) is 50.3 Å². The van der Waals surface area contributed by atoms with Gasteiger partial charge in [0.25, 0.3) is 0 Å². The third-order valence-corrected chi connectivity index (χ3v) is 15.1. The van der Waals surface area contributed by atoms with Crippen LogP contribution in [0.25, 0.3) is 0 Å². The summed E-state index contributed by atoms with van der Waals surface area (Å²) in [6, 6.07) is 0. The van der Waals surface area contributed by atoms with E-state index in [9.17, 15) is 25.2 Å². The Kier molecular flexibility index (Phi) is 15.5. The average Bonchev–Trinajstić information content (AvgIpc) is 3.58. The van der Waals surface area contributed by atoms with Gasteiger partial charge in [0, 0.05) is 57.7 Å². The van der Waals surface area contributed by atoms with Crippen molar-refractivity contribution in [1.29, 1.82) is 0 Å². The van der Waals surface area contributed by atoms with Crippen molar-refractivity contribution in [2.24, 2.45) is 29.6 Å². The second kappa shape index (κ2) is 20.0. The summed E-state index contributed by atoms with van der Waals surface area (Å²) in [5, 5.41) is 46.0. The van der Waals surface area contributed by atoms with Crippen LogP contribution in [0.4, 0.5) is 0 Å². The van der Waals surface area contributed by atoms with Crippen molar-refractivity contribution < 1.29 is 72.6 Å². The highest BCUT2D eigenvalue weighted by atomic mass is 16.7. The molecule has 1 spiro atoms.